The third-order valence-electron chi connectivity index (χ3n) is 2.90. The lowest BCUT2D eigenvalue weighted by Crippen LogP contribution is -2.13. The van der Waals surface area contributed by atoms with Gasteiger partial charge in [0.15, 0.2) is 0 Å². The number of benzene rings is 1. The maximum Gasteiger partial charge on any atom is 0.255 e. The number of rotatable bonds is 3. The van der Waals surface area contributed by atoms with E-state index in [-0.39, 0.29) is 5.91 Å². The van der Waals surface area contributed by atoms with E-state index in [1.165, 1.54) is 5.56 Å². The van der Waals surface area contributed by atoms with Crippen LogP contribution in [0.25, 0.3) is 0 Å². The van der Waals surface area contributed by atoms with Crippen LogP contribution in [0.15, 0.2) is 30.3 Å². The average molecular weight is 401 g/mol. The van der Waals surface area contributed by atoms with Crippen molar-refractivity contribution in [2.24, 2.45) is 0 Å². The van der Waals surface area contributed by atoms with Gasteiger partial charge in [0.1, 0.15) is 5.15 Å². The molecular weight excluding hydrogens is 387 g/mol. The van der Waals surface area contributed by atoms with Crippen molar-refractivity contribution in [2.75, 3.05) is 5.32 Å². The van der Waals surface area contributed by atoms with Crippen molar-refractivity contribution in [2.45, 2.75) is 20.3 Å². The minimum absolute atomic E-state index is 0.177. The summed E-state index contributed by atoms with van der Waals surface area (Å²) in [5.41, 5.74) is 3.29. The van der Waals surface area contributed by atoms with E-state index in [4.69, 9.17) is 11.6 Å². The van der Waals surface area contributed by atoms with Crippen LogP contribution in [0.5, 0.6) is 0 Å². The molecule has 0 spiro atoms. The molecule has 0 unspecified atom stereocenters. The number of nitrogens with one attached hydrogen (secondary N) is 1. The number of nitrogens with zero attached hydrogens (tertiary/aromatic N) is 1. The lowest BCUT2D eigenvalue weighted by atomic mass is 10.2. The van der Waals surface area contributed by atoms with Crippen LogP contribution in [0.3, 0.4) is 0 Å². The molecule has 1 aromatic carbocycles. The van der Waals surface area contributed by atoms with Gasteiger partial charge in [-0.25, -0.2) is 4.98 Å². The smallest absolute Gasteiger partial charge is 0.255 e. The summed E-state index contributed by atoms with van der Waals surface area (Å²) in [6.45, 7) is 4.01. The Bertz CT molecular complexity index is 658. The molecule has 0 fully saturated rings. The summed E-state index contributed by atoms with van der Waals surface area (Å²) in [5.74, 6) is -0.177. The summed E-state index contributed by atoms with van der Waals surface area (Å²) in [4.78, 5) is 16.4. The molecule has 2 rings (SSSR count). The number of aryl methyl sites for hydroxylation is 2. The van der Waals surface area contributed by atoms with Crippen LogP contribution in [0.1, 0.15) is 28.5 Å². The first-order valence-corrected chi connectivity index (χ1v) is 7.69. The Morgan fingerprint density at radius 1 is 1.35 bits per heavy atom. The second-order valence-corrected chi connectivity index (χ2v) is 5.99. The SMILES string of the molecule is CCc1cc(C(=O)Nc2ccc(C)c(I)c2)cc(Cl)n1. The van der Waals surface area contributed by atoms with E-state index in [0.717, 1.165) is 21.4 Å². The molecule has 0 aliphatic rings. The fourth-order valence-corrected chi connectivity index (χ4v) is 2.48. The predicted octanol–water partition coefficient (Wildman–Crippen LogP) is 4.46. The number of carbonyl (C=O) groups is 1. The minimum Gasteiger partial charge on any atom is -0.322 e. The molecular formula is C15H14ClIN2O. The van der Waals surface area contributed by atoms with Crippen molar-refractivity contribution in [1.29, 1.82) is 0 Å². The monoisotopic (exact) mass is 400 g/mol. The second kappa shape index (κ2) is 6.54. The molecule has 20 heavy (non-hydrogen) atoms. The number of hydrogen-bond acceptors (Lipinski definition) is 2. The molecule has 0 atom stereocenters. The summed E-state index contributed by atoms with van der Waals surface area (Å²) < 4.78 is 1.11. The Hall–Kier alpha value is -1.14. The van der Waals surface area contributed by atoms with Crippen LogP contribution in [0.4, 0.5) is 5.69 Å². The van der Waals surface area contributed by atoms with E-state index < -0.39 is 0 Å². The lowest BCUT2D eigenvalue weighted by molar-refractivity contribution is 0.102. The van der Waals surface area contributed by atoms with Crippen molar-refractivity contribution in [3.8, 4) is 0 Å². The zero-order valence-corrected chi connectivity index (χ0v) is 14.1. The summed E-state index contributed by atoms with van der Waals surface area (Å²) in [6, 6.07) is 9.15. The highest BCUT2D eigenvalue weighted by molar-refractivity contribution is 14.1. The minimum atomic E-state index is -0.177. The molecule has 0 radical (unpaired) electrons. The van der Waals surface area contributed by atoms with Gasteiger partial charge in [0, 0.05) is 20.5 Å². The van der Waals surface area contributed by atoms with Gasteiger partial charge in [0.2, 0.25) is 0 Å². The third-order valence-corrected chi connectivity index (χ3v) is 4.26. The van der Waals surface area contributed by atoms with Gasteiger partial charge in [-0.1, -0.05) is 24.6 Å². The number of anilines is 1. The predicted molar refractivity (Wildman–Crippen MR) is 90.5 cm³/mol. The van der Waals surface area contributed by atoms with Gasteiger partial charge in [0.05, 0.1) is 0 Å². The zero-order chi connectivity index (χ0) is 14.7. The highest BCUT2D eigenvalue weighted by Crippen LogP contribution is 2.18. The Morgan fingerprint density at radius 2 is 2.10 bits per heavy atom. The standard InChI is InChI=1S/C15H14ClIN2O/c1-3-11-6-10(7-14(16)18-11)15(20)19-12-5-4-9(2)13(17)8-12/h4-8H,3H2,1-2H3,(H,19,20). The summed E-state index contributed by atoms with van der Waals surface area (Å²) in [7, 11) is 0. The Labute approximate surface area is 136 Å². The summed E-state index contributed by atoms with van der Waals surface area (Å²) >= 11 is 8.18. The van der Waals surface area contributed by atoms with Crippen LogP contribution in [-0.4, -0.2) is 10.9 Å². The maximum atomic E-state index is 12.2. The van der Waals surface area contributed by atoms with E-state index in [1.807, 2.05) is 32.0 Å². The van der Waals surface area contributed by atoms with Crippen LogP contribution >= 0.6 is 34.2 Å². The van der Waals surface area contributed by atoms with E-state index in [1.54, 1.807) is 12.1 Å². The van der Waals surface area contributed by atoms with Gasteiger partial charge in [-0.05, 0) is 65.8 Å². The average Bonchev–Trinajstić information content (AvgIpc) is 2.42. The van der Waals surface area contributed by atoms with Gasteiger partial charge < -0.3 is 5.32 Å². The topological polar surface area (TPSA) is 42.0 Å². The van der Waals surface area contributed by atoms with Gasteiger partial charge >= 0.3 is 0 Å². The largest absolute Gasteiger partial charge is 0.322 e. The number of amides is 1. The molecule has 0 saturated carbocycles. The van der Waals surface area contributed by atoms with E-state index in [0.29, 0.717) is 10.7 Å². The van der Waals surface area contributed by atoms with Crippen LogP contribution < -0.4 is 5.32 Å². The highest BCUT2D eigenvalue weighted by atomic mass is 127. The van der Waals surface area contributed by atoms with Crippen LogP contribution in [-0.2, 0) is 6.42 Å². The highest BCUT2D eigenvalue weighted by Gasteiger charge is 2.09. The first-order chi connectivity index (χ1) is 9.49. The van der Waals surface area contributed by atoms with Crippen LogP contribution in [0.2, 0.25) is 5.15 Å². The van der Waals surface area contributed by atoms with Gasteiger partial charge in [0.25, 0.3) is 5.91 Å². The van der Waals surface area contributed by atoms with Crippen molar-refractivity contribution in [1.82, 2.24) is 4.98 Å². The summed E-state index contributed by atoms with van der Waals surface area (Å²) in [6.07, 6.45) is 0.739. The van der Waals surface area contributed by atoms with Crippen molar-refractivity contribution < 1.29 is 4.79 Å². The zero-order valence-electron chi connectivity index (χ0n) is 11.2. The number of pyridine rings is 1. The fraction of sp³-hybridized carbons (Fsp3) is 0.200. The van der Waals surface area contributed by atoms with E-state index in [2.05, 4.69) is 32.9 Å². The molecule has 3 nitrogen and oxygen atoms in total. The van der Waals surface area contributed by atoms with Crippen molar-refractivity contribution >= 4 is 45.8 Å². The van der Waals surface area contributed by atoms with E-state index >= 15 is 0 Å². The van der Waals surface area contributed by atoms with Crippen molar-refractivity contribution in [3.63, 3.8) is 0 Å². The first-order valence-electron chi connectivity index (χ1n) is 6.23. The normalized spacial score (nSPS) is 10.4. The fourth-order valence-electron chi connectivity index (χ4n) is 1.74. The number of halogens is 2. The molecule has 5 heteroatoms. The van der Waals surface area contributed by atoms with E-state index in [9.17, 15) is 4.79 Å². The maximum absolute atomic E-state index is 12.2. The first kappa shape index (κ1) is 15.3. The molecule has 0 bridgehead atoms. The van der Waals surface area contributed by atoms with Crippen LogP contribution in [0, 0.1) is 10.5 Å². The molecule has 104 valence electrons. The molecule has 1 amide bonds. The summed E-state index contributed by atoms with van der Waals surface area (Å²) in [5, 5.41) is 3.22. The Morgan fingerprint density at radius 3 is 2.75 bits per heavy atom. The molecule has 1 N–H and O–H groups in total. The molecule has 0 aliphatic heterocycles. The lowest BCUT2D eigenvalue weighted by Gasteiger charge is -2.08. The van der Waals surface area contributed by atoms with Gasteiger partial charge in [-0.15, -0.1) is 0 Å². The number of carbonyl (C=O) groups excluding carboxylic acids is 1. The Kier molecular flexibility index (Phi) is 4.99. The number of hydrogen-bond donors (Lipinski definition) is 1. The molecule has 0 saturated heterocycles. The van der Waals surface area contributed by atoms with Gasteiger partial charge in [-0.2, -0.15) is 0 Å². The Balaban J connectivity index is 2.23. The quantitative estimate of drug-likeness (QED) is 0.610. The molecule has 1 heterocycles. The molecule has 2 aromatic rings. The third kappa shape index (κ3) is 3.70. The molecule has 0 aliphatic carbocycles. The van der Waals surface area contributed by atoms with Gasteiger partial charge in [-0.3, -0.25) is 4.79 Å². The van der Waals surface area contributed by atoms with Crippen molar-refractivity contribution in [3.05, 3.63) is 55.9 Å². The number of aromatic nitrogens is 1. The molecule has 1 aromatic heterocycles. The second-order valence-electron chi connectivity index (χ2n) is 4.44.